The van der Waals surface area contributed by atoms with Crippen LogP contribution in [-0.2, 0) is 6.54 Å². The molecule has 20 heavy (non-hydrogen) atoms. The molecule has 5 nitrogen and oxygen atoms in total. The van der Waals surface area contributed by atoms with Gasteiger partial charge in [-0.05, 0) is 32.4 Å². The van der Waals surface area contributed by atoms with E-state index in [-0.39, 0.29) is 0 Å². The second-order valence-electron chi connectivity index (χ2n) is 5.10. The number of nitrogens with zero attached hydrogens (tertiary/aromatic N) is 4. The number of nitrogens with one attached hydrogen (secondary N) is 1. The third-order valence-electron chi connectivity index (χ3n) is 3.32. The van der Waals surface area contributed by atoms with Gasteiger partial charge in [0.2, 0.25) is 5.95 Å². The maximum atomic E-state index is 4.55. The van der Waals surface area contributed by atoms with Gasteiger partial charge >= 0.3 is 0 Å². The second kappa shape index (κ2) is 5.86. The Morgan fingerprint density at radius 1 is 1.15 bits per heavy atom. The minimum absolute atomic E-state index is 0.664. The number of aryl methyl sites for hydroxylation is 2. The minimum Gasteiger partial charge on any atom is -0.364 e. The van der Waals surface area contributed by atoms with E-state index in [1.54, 1.807) is 0 Å². The molecule has 0 saturated carbocycles. The molecule has 2 heterocycles. The van der Waals surface area contributed by atoms with Gasteiger partial charge in [-0.1, -0.05) is 6.07 Å². The van der Waals surface area contributed by atoms with Crippen molar-refractivity contribution in [2.45, 2.75) is 27.3 Å². The highest BCUT2D eigenvalue weighted by atomic mass is 15.2. The summed E-state index contributed by atoms with van der Waals surface area (Å²) in [6.07, 6.45) is 1.81. The van der Waals surface area contributed by atoms with Gasteiger partial charge in [-0.2, -0.15) is 4.98 Å². The van der Waals surface area contributed by atoms with E-state index in [9.17, 15) is 0 Å². The van der Waals surface area contributed by atoms with Gasteiger partial charge in [0.15, 0.2) is 0 Å². The molecule has 0 radical (unpaired) electrons. The number of hydrogen-bond acceptors (Lipinski definition) is 5. The van der Waals surface area contributed by atoms with Gasteiger partial charge in [-0.3, -0.25) is 4.98 Å². The Labute approximate surface area is 120 Å². The molecule has 106 valence electrons. The quantitative estimate of drug-likeness (QED) is 0.926. The molecule has 0 aromatic carbocycles. The van der Waals surface area contributed by atoms with E-state index in [1.165, 1.54) is 5.56 Å². The summed E-state index contributed by atoms with van der Waals surface area (Å²) in [7, 11) is 3.88. The molecule has 0 bridgehead atoms. The van der Waals surface area contributed by atoms with Crippen molar-refractivity contribution in [3.05, 3.63) is 40.8 Å². The Morgan fingerprint density at radius 2 is 1.90 bits per heavy atom. The van der Waals surface area contributed by atoms with Gasteiger partial charge in [0.05, 0.1) is 12.2 Å². The van der Waals surface area contributed by atoms with Crippen LogP contribution in [0, 0.1) is 20.8 Å². The lowest BCUT2D eigenvalue weighted by Gasteiger charge is -2.16. The highest BCUT2D eigenvalue weighted by Gasteiger charge is 2.09. The van der Waals surface area contributed by atoms with Crippen molar-refractivity contribution in [1.82, 2.24) is 15.0 Å². The van der Waals surface area contributed by atoms with Crippen LogP contribution < -0.4 is 10.2 Å². The summed E-state index contributed by atoms with van der Waals surface area (Å²) < 4.78 is 0. The summed E-state index contributed by atoms with van der Waals surface area (Å²) >= 11 is 0. The fraction of sp³-hybridized carbons (Fsp3) is 0.400. The van der Waals surface area contributed by atoms with Crippen molar-refractivity contribution < 1.29 is 0 Å². The van der Waals surface area contributed by atoms with Crippen LogP contribution in [0.15, 0.2) is 18.3 Å². The van der Waals surface area contributed by atoms with Crippen molar-refractivity contribution in [1.29, 1.82) is 0 Å². The number of aromatic nitrogens is 3. The van der Waals surface area contributed by atoms with E-state index in [0.717, 1.165) is 22.8 Å². The van der Waals surface area contributed by atoms with E-state index in [0.29, 0.717) is 12.5 Å². The van der Waals surface area contributed by atoms with Gasteiger partial charge < -0.3 is 10.2 Å². The molecular weight excluding hydrogens is 250 g/mol. The lowest BCUT2D eigenvalue weighted by molar-refractivity contribution is 0.941. The average molecular weight is 271 g/mol. The van der Waals surface area contributed by atoms with Crippen LogP contribution in [0.5, 0.6) is 0 Å². The van der Waals surface area contributed by atoms with Crippen molar-refractivity contribution in [2.24, 2.45) is 0 Å². The molecule has 2 aromatic rings. The van der Waals surface area contributed by atoms with Crippen molar-refractivity contribution in [2.75, 3.05) is 24.3 Å². The fourth-order valence-corrected chi connectivity index (χ4v) is 1.86. The number of anilines is 2. The maximum absolute atomic E-state index is 4.55. The Bertz CT molecular complexity index is 607. The normalized spacial score (nSPS) is 10.4. The van der Waals surface area contributed by atoms with Gasteiger partial charge in [0, 0.05) is 31.5 Å². The average Bonchev–Trinajstić information content (AvgIpc) is 2.41. The largest absolute Gasteiger partial charge is 0.364 e. The lowest BCUT2D eigenvalue weighted by atomic mass is 10.2. The Kier molecular flexibility index (Phi) is 4.17. The van der Waals surface area contributed by atoms with Crippen LogP contribution in [0.3, 0.4) is 0 Å². The van der Waals surface area contributed by atoms with Crippen LogP contribution in [0.4, 0.5) is 11.8 Å². The van der Waals surface area contributed by atoms with Crippen LogP contribution in [0.1, 0.15) is 22.5 Å². The first-order valence-electron chi connectivity index (χ1n) is 6.66. The molecule has 0 unspecified atom stereocenters. The molecule has 0 atom stereocenters. The van der Waals surface area contributed by atoms with E-state index < -0.39 is 0 Å². The molecule has 5 heteroatoms. The number of hydrogen-bond donors (Lipinski definition) is 1. The standard InChI is InChI=1S/C15H21N5/c1-10-7-6-8-16-13(10)9-17-14-11(2)12(3)18-15(19-14)20(4)5/h6-8H,9H2,1-5H3,(H,17,18,19). The molecule has 0 saturated heterocycles. The monoisotopic (exact) mass is 271 g/mol. The third kappa shape index (κ3) is 3.04. The number of pyridine rings is 1. The molecule has 0 aliphatic carbocycles. The Hall–Kier alpha value is -2.17. The van der Waals surface area contributed by atoms with Gasteiger partial charge in [-0.25, -0.2) is 4.98 Å². The predicted octanol–water partition coefficient (Wildman–Crippen LogP) is 2.47. The minimum atomic E-state index is 0.664. The topological polar surface area (TPSA) is 53.9 Å². The van der Waals surface area contributed by atoms with Crippen LogP contribution in [0.2, 0.25) is 0 Å². The van der Waals surface area contributed by atoms with Gasteiger partial charge in [-0.15, -0.1) is 0 Å². The van der Waals surface area contributed by atoms with Crippen LogP contribution in [0.25, 0.3) is 0 Å². The zero-order valence-corrected chi connectivity index (χ0v) is 12.7. The molecule has 0 aliphatic heterocycles. The molecule has 1 N–H and O–H groups in total. The zero-order chi connectivity index (χ0) is 14.7. The first kappa shape index (κ1) is 14.2. The second-order valence-corrected chi connectivity index (χ2v) is 5.10. The summed E-state index contributed by atoms with van der Waals surface area (Å²) in [5, 5.41) is 3.37. The maximum Gasteiger partial charge on any atom is 0.227 e. The van der Waals surface area contributed by atoms with E-state index in [4.69, 9.17) is 0 Å². The summed E-state index contributed by atoms with van der Waals surface area (Å²) in [6.45, 7) is 6.76. The molecular formula is C15H21N5. The van der Waals surface area contributed by atoms with Crippen LogP contribution >= 0.6 is 0 Å². The van der Waals surface area contributed by atoms with E-state index in [2.05, 4.69) is 33.3 Å². The van der Waals surface area contributed by atoms with Gasteiger partial charge in [0.1, 0.15) is 5.82 Å². The highest BCUT2D eigenvalue weighted by molar-refractivity contribution is 5.50. The fourth-order valence-electron chi connectivity index (χ4n) is 1.86. The smallest absolute Gasteiger partial charge is 0.227 e. The summed E-state index contributed by atoms with van der Waals surface area (Å²) in [5.74, 6) is 1.58. The summed E-state index contributed by atoms with van der Waals surface area (Å²) in [5.41, 5.74) is 4.28. The molecule has 0 spiro atoms. The highest BCUT2D eigenvalue weighted by Crippen LogP contribution is 2.19. The summed E-state index contributed by atoms with van der Waals surface area (Å²) in [4.78, 5) is 15.3. The zero-order valence-electron chi connectivity index (χ0n) is 12.7. The van der Waals surface area contributed by atoms with Crippen molar-refractivity contribution in [3.8, 4) is 0 Å². The van der Waals surface area contributed by atoms with Gasteiger partial charge in [0.25, 0.3) is 0 Å². The molecule has 0 fully saturated rings. The number of rotatable bonds is 4. The first-order valence-corrected chi connectivity index (χ1v) is 6.66. The Balaban J connectivity index is 2.23. The third-order valence-corrected chi connectivity index (χ3v) is 3.32. The Morgan fingerprint density at radius 3 is 2.55 bits per heavy atom. The summed E-state index contributed by atoms with van der Waals surface area (Å²) in [6, 6.07) is 4.01. The van der Waals surface area contributed by atoms with Crippen LogP contribution in [-0.4, -0.2) is 29.0 Å². The van der Waals surface area contributed by atoms with Crippen molar-refractivity contribution >= 4 is 11.8 Å². The van der Waals surface area contributed by atoms with E-state index in [1.807, 2.05) is 45.1 Å². The predicted molar refractivity (Wildman–Crippen MR) is 82.1 cm³/mol. The van der Waals surface area contributed by atoms with E-state index >= 15 is 0 Å². The molecule has 0 aliphatic rings. The molecule has 2 aromatic heterocycles. The molecule has 0 amide bonds. The molecule has 2 rings (SSSR count). The van der Waals surface area contributed by atoms with Crippen molar-refractivity contribution in [3.63, 3.8) is 0 Å². The first-order chi connectivity index (χ1) is 9.49. The lowest BCUT2D eigenvalue weighted by Crippen LogP contribution is -2.16. The SMILES string of the molecule is Cc1cccnc1CNc1nc(N(C)C)nc(C)c1C.